The van der Waals surface area contributed by atoms with Crippen molar-refractivity contribution in [2.45, 2.75) is 6.18 Å². The molecule has 4 rings (SSSR count). The van der Waals surface area contributed by atoms with Crippen LogP contribution in [0.3, 0.4) is 0 Å². The van der Waals surface area contributed by atoms with E-state index in [1.807, 2.05) is 0 Å². The van der Waals surface area contributed by atoms with Crippen molar-refractivity contribution in [1.29, 1.82) is 0 Å². The third-order valence-electron chi connectivity index (χ3n) is 5.09. The molecule has 0 saturated heterocycles. The summed E-state index contributed by atoms with van der Waals surface area (Å²) in [6.07, 6.45) is -2.92. The first kappa shape index (κ1) is 24.3. The van der Waals surface area contributed by atoms with Gasteiger partial charge in [0.05, 0.1) is 22.5 Å². The Morgan fingerprint density at radius 1 is 0.917 bits per heavy atom. The van der Waals surface area contributed by atoms with Crippen molar-refractivity contribution in [2.24, 2.45) is 10.2 Å². The number of halogens is 3. The molecule has 182 valence electrons. The lowest BCUT2D eigenvalue weighted by atomic mass is 10.1. The van der Waals surface area contributed by atoms with Crippen LogP contribution in [0.5, 0.6) is 0 Å². The number of hydrogen-bond acceptors (Lipinski definition) is 7. The summed E-state index contributed by atoms with van der Waals surface area (Å²) >= 11 is 0. The van der Waals surface area contributed by atoms with E-state index in [1.165, 1.54) is 24.4 Å². The fourth-order valence-corrected chi connectivity index (χ4v) is 3.28. The van der Waals surface area contributed by atoms with Crippen LogP contribution in [0.2, 0.25) is 0 Å². The van der Waals surface area contributed by atoms with Gasteiger partial charge in [-0.1, -0.05) is 18.2 Å². The Morgan fingerprint density at radius 3 is 2.31 bits per heavy atom. The number of nitrogens with one attached hydrogen (secondary N) is 2. The average molecular weight is 492 g/mol. The SMILES string of the molecule is CNc1ccc(/N=N/c2ccccc2-c2ccnc(Nc3ccc(C(F)(F)F)cc3)n2)c(C(=O)O)c1. The van der Waals surface area contributed by atoms with Crippen molar-refractivity contribution in [1.82, 2.24) is 9.97 Å². The Labute approximate surface area is 203 Å². The van der Waals surface area contributed by atoms with Crippen LogP contribution in [0.1, 0.15) is 15.9 Å². The Balaban J connectivity index is 1.61. The first-order valence-electron chi connectivity index (χ1n) is 10.6. The van der Waals surface area contributed by atoms with Gasteiger partial charge in [-0.05, 0) is 54.6 Å². The van der Waals surface area contributed by atoms with Gasteiger partial charge in [-0.2, -0.15) is 13.2 Å². The molecule has 0 fully saturated rings. The second kappa shape index (κ2) is 10.2. The molecule has 8 nitrogen and oxygen atoms in total. The molecular formula is C25H19F3N6O2. The zero-order valence-electron chi connectivity index (χ0n) is 18.8. The number of carboxylic acids is 1. The van der Waals surface area contributed by atoms with Crippen LogP contribution < -0.4 is 10.6 Å². The molecule has 0 aliphatic carbocycles. The average Bonchev–Trinajstić information content (AvgIpc) is 2.87. The highest BCUT2D eigenvalue weighted by Crippen LogP contribution is 2.33. The van der Waals surface area contributed by atoms with Crippen LogP contribution in [0.15, 0.2) is 89.2 Å². The zero-order chi connectivity index (χ0) is 25.7. The molecule has 0 radical (unpaired) electrons. The molecule has 1 heterocycles. The smallest absolute Gasteiger partial charge is 0.416 e. The molecule has 0 unspecified atom stereocenters. The number of aromatic carboxylic acids is 1. The minimum Gasteiger partial charge on any atom is -0.478 e. The van der Waals surface area contributed by atoms with Crippen LogP contribution in [0.4, 0.5) is 41.9 Å². The fraction of sp³-hybridized carbons (Fsp3) is 0.0800. The molecule has 0 bridgehead atoms. The molecule has 0 aliphatic rings. The van der Waals surface area contributed by atoms with Crippen LogP contribution in [0, 0.1) is 0 Å². The fourth-order valence-electron chi connectivity index (χ4n) is 3.28. The summed E-state index contributed by atoms with van der Waals surface area (Å²) in [5.41, 5.74) is 1.96. The zero-order valence-corrected chi connectivity index (χ0v) is 18.8. The van der Waals surface area contributed by atoms with Gasteiger partial charge in [-0.15, -0.1) is 10.2 Å². The van der Waals surface area contributed by atoms with Crippen molar-refractivity contribution in [3.63, 3.8) is 0 Å². The van der Waals surface area contributed by atoms with E-state index < -0.39 is 17.7 Å². The molecule has 4 aromatic rings. The maximum absolute atomic E-state index is 12.8. The van der Waals surface area contributed by atoms with Crippen molar-refractivity contribution in [3.8, 4) is 11.3 Å². The number of hydrogen-bond donors (Lipinski definition) is 3. The van der Waals surface area contributed by atoms with E-state index in [0.717, 1.165) is 12.1 Å². The molecule has 0 saturated carbocycles. The van der Waals surface area contributed by atoms with Gasteiger partial charge in [-0.3, -0.25) is 0 Å². The molecule has 0 spiro atoms. The molecule has 0 aliphatic heterocycles. The maximum atomic E-state index is 12.8. The van der Waals surface area contributed by atoms with E-state index in [0.29, 0.717) is 28.3 Å². The van der Waals surface area contributed by atoms with Crippen LogP contribution in [0.25, 0.3) is 11.3 Å². The molecule has 0 amide bonds. The van der Waals surface area contributed by atoms with Crippen LogP contribution in [-0.2, 0) is 6.18 Å². The van der Waals surface area contributed by atoms with Crippen LogP contribution in [-0.4, -0.2) is 28.1 Å². The lowest BCUT2D eigenvalue weighted by molar-refractivity contribution is -0.137. The first-order valence-corrected chi connectivity index (χ1v) is 10.6. The molecule has 0 atom stereocenters. The number of aromatic nitrogens is 2. The summed E-state index contributed by atoms with van der Waals surface area (Å²) in [4.78, 5) is 20.2. The van der Waals surface area contributed by atoms with Crippen molar-refractivity contribution >= 4 is 34.7 Å². The molecule has 3 N–H and O–H groups in total. The Morgan fingerprint density at radius 2 is 1.61 bits per heavy atom. The van der Waals surface area contributed by atoms with Gasteiger partial charge in [0, 0.05) is 30.2 Å². The van der Waals surface area contributed by atoms with E-state index in [-0.39, 0.29) is 17.2 Å². The lowest BCUT2D eigenvalue weighted by Crippen LogP contribution is -2.04. The normalized spacial score (nSPS) is 11.4. The molecule has 11 heteroatoms. The number of nitrogens with zero attached hydrogens (tertiary/aromatic N) is 4. The molecule has 36 heavy (non-hydrogen) atoms. The minimum absolute atomic E-state index is 0.00635. The van der Waals surface area contributed by atoms with Gasteiger partial charge < -0.3 is 15.7 Å². The summed E-state index contributed by atoms with van der Waals surface area (Å²) in [5, 5.41) is 23.7. The summed E-state index contributed by atoms with van der Waals surface area (Å²) in [6.45, 7) is 0. The highest BCUT2D eigenvalue weighted by atomic mass is 19.4. The third-order valence-corrected chi connectivity index (χ3v) is 5.09. The highest BCUT2D eigenvalue weighted by molar-refractivity contribution is 5.94. The van der Waals surface area contributed by atoms with Crippen LogP contribution >= 0.6 is 0 Å². The van der Waals surface area contributed by atoms with E-state index in [2.05, 4.69) is 30.8 Å². The largest absolute Gasteiger partial charge is 0.478 e. The quantitative estimate of drug-likeness (QED) is 0.238. The summed E-state index contributed by atoms with van der Waals surface area (Å²) in [5.74, 6) is -0.959. The standard InChI is InChI=1S/C25H19F3N6O2/c1-29-17-10-11-22(19(14-17)23(35)36)34-33-21-5-3-2-4-18(21)20-12-13-30-24(32-20)31-16-8-6-15(7-9-16)25(26,27)28/h2-14,29H,1H3,(H,35,36)(H,30,31,32)/b34-33+. The van der Waals surface area contributed by atoms with Crippen molar-refractivity contribution in [2.75, 3.05) is 17.7 Å². The lowest BCUT2D eigenvalue weighted by Gasteiger charge is -2.10. The van der Waals surface area contributed by atoms with E-state index in [1.54, 1.807) is 49.5 Å². The number of anilines is 3. The maximum Gasteiger partial charge on any atom is 0.416 e. The molecular weight excluding hydrogens is 473 g/mol. The van der Waals surface area contributed by atoms with Gasteiger partial charge >= 0.3 is 12.1 Å². The van der Waals surface area contributed by atoms with Gasteiger partial charge in [0.1, 0.15) is 5.69 Å². The molecule has 1 aromatic heterocycles. The van der Waals surface area contributed by atoms with Crippen molar-refractivity contribution in [3.05, 3.63) is 90.1 Å². The Bertz CT molecular complexity index is 1420. The minimum atomic E-state index is -4.42. The summed E-state index contributed by atoms with van der Waals surface area (Å²) < 4.78 is 38.4. The second-order valence-corrected chi connectivity index (χ2v) is 7.47. The van der Waals surface area contributed by atoms with Gasteiger partial charge in [0.2, 0.25) is 5.95 Å². The Kier molecular flexibility index (Phi) is 6.91. The second-order valence-electron chi connectivity index (χ2n) is 7.47. The van der Waals surface area contributed by atoms with E-state index >= 15 is 0 Å². The predicted molar refractivity (Wildman–Crippen MR) is 129 cm³/mol. The van der Waals surface area contributed by atoms with Gasteiger partial charge in [0.25, 0.3) is 0 Å². The van der Waals surface area contributed by atoms with E-state index in [4.69, 9.17) is 0 Å². The Hall–Kier alpha value is -4.80. The highest BCUT2D eigenvalue weighted by Gasteiger charge is 2.29. The summed E-state index contributed by atoms with van der Waals surface area (Å²) in [7, 11) is 1.68. The number of rotatable bonds is 7. The number of carbonyl (C=O) groups is 1. The van der Waals surface area contributed by atoms with Gasteiger partial charge in [-0.25, -0.2) is 14.8 Å². The van der Waals surface area contributed by atoms with Crippen molar-refractivity contribution < 1.29 is 23.1 Å². The number of benzene rings is 3. The number of azo groups is 1. The number of alkyl halides is 3. The van der Waals surface area contributed by atoms with E-state index in [9.17, 15) is 23.1 Å². The number of carboxylic acid groups (broad SMARTS) is 1. The monoisotopic (exact) mass is 492 g/mol. The first-order chi connectivity index (χ1) is 17.2. The topological polar surface area (TPSA) is 112 Å². The van der Waals surface area contributed by atoms with Gasteiger partial charge in [0.15, 0.2) is 0 Å². The third kappa shape index (κ3) is 5.63. The summed E-state index contributed by atoms with van der Waals surface area (Å²) in [6, 6.07) is 17.9. The predicted octanol–water partition coefficient (Wildman–Crippen LogP) is 7.06. The molecule has 3 aromatic carbocycles.